The smallest absolute Gasteiger partial charge is 0.293 e. The van der Waals surface area contributed by atoms with Crippen LogP contribution >= 0.6 is 11.8 Å². The van der Waals surface area contributed by atoms with Gasteiger partial charge in [0.25, 0.3) is 22.7 Å². The highest BCUT2D eigenvalue weighted by Gasteiger charge is 2.36. The Balaban J connectivity index is 1.33. The number of nitro groups is 1. The van der Waals surface area contributed by atoms with Crippen LogP contribution in [0.4, 0.5) is 16.2 Å². The lowest BCUT2D eigenvalue weighted by Gasteiger charge is -2.11. The first-order chi connectivity index (χ1) is 18.6. The number of ketones is 1. The first-order valence-corrected chi connectivity index (χ1v) is 12.6. The van der Waals surface area contributed by atoms with Crippen molar-refractivity contribution in [2.24, 2.45) is 0 Å². The Morgan fingerprint density at radius 2 is 1.69 bits per heavy atom. The molecule has 3 aromatic rings. The standard InChI is InChI=1S/C28H23N3O7S/c1-17-3-8-21(13-18(17)2)29-26(33)16-38-23-11-4-19(5-12-23)14-25-27(34)30(28(35)39-25)15-24(32)20-6-9-22(10-7-20)31(36)37/h3-14H,15-16H2,1-2H3,(H,29,33)/b25-14-. The molecule has 0 spiro atoms. The van der Waals surface area contributed by atoms with Crippen molar-refractivity contribution in [2.45, 2.75) is 13.8 Å². The first kappa shape index (κ1) is 27.3. The van der Waals surface area contributed by atoms with Crippen LogP contribution in [0, 0.1) is 24.0 Å². The summed E-state index contributed by atoms with van der Waals surface area (Å²) < 4.78 is 5.54. The fourth-order valence-corrected chi connectivity index (χ4v) is 4.46. The van der Waals surface area contributed by atoms with Gasteiger partial charge in [-0.05, 0) is 84.8 Å². The van der Waals surface area contributed by atoms with Crippen LogP contribution in [-0.4, -0.2) is 45.8 Å². The minimum atomic E-state index is -0.608. The fraction of sp³-hybridized carbons (Fsp3) is 0.143. The predicted octanol–water partition coefficient (Wildman–Crippen LogP) is 5.15. The largest absolute Gasteiger partial charge is 0.484 e. The van der Waals surface area contributed by atoms with E-state index in [0.29, 0.717) is 28.8 Å². The number of nitrogens with zero attached hydrogens (tertiary/aromatic N) is 2. The molecule has 3 amide bonds. The molecule has 198 valence electrons. The van der Waals surface area contributed by atoms with Crippen LogP contribution < -0.4 is 10.1 Å². The molecule has 1 aliphatic heterocycles. The molecule has 0 saturated carbocycles. The number of anilines is 1. The van der Waals surface area contributed by atoms with Crippen LogP contribution in [0.5, 0.6) is 5.75 Å². The normalized spacial score (nSPS) is 14.0. The molecule has 0 aliphatic carbocycles. The SMILES string of the molecule is Cc1ccc(NC(=O)COc2ccc(/C=C3\SC(=O)N(CC(=O)c4ccc([N+](=O)[O-])cc4)C3=O)cc2)cc1C. The van der Waals surface area contributed by atoms with Gasteiger partial charge in [0.1, 0.15) is 5.75 Å². The van der Waals surface area contributed by atoms with Crippen LogP contribution in [0.2, 0.25) is 0 Å². The lowest BCUT2D eigenvalue weighted by atomic mass is 10.1. The number of carbonyl (C=O) groups is 4. The van der Waals surface area contributed by atoms with Gasteiger partial charge in [0, 0.05) is 23.4 Å². The van der Waals surface area contributed by atoms with Crippen LogP contribution in [0.25, 0.3) is 6.08 Å². The lowest BCUT2D eigenvalue weighted by Crippen LogP contribution is -2.33. The number of benzene rings is 3. The molecule has 0 aromatic heterocycles. The third kappa shape index (κ3) is 6.76. The van der Waals surface area contributed by atoms with E-state index in [9.17, 15) is 29.3 Å². The molecule has 1 aliphatic rings. The zero-order chi connectivity index (χ0) is 28.1. The lowest BCUT2D eigenvalue weighted by molar-refractivity contribution is -0.384. The molecular weight excluding hydrogens is 522 g/mol. The molecule has 11 heteroatoms. The van der Waals surface area contributed by atoms with E-state index < -0.39 is 28.4 Å². The van der Waals surface area contributed by atoms with Gasteiger partial charge in [0.15, 0.2) is 12.4 Å². The molecule has 1 saturated heterocycles. The molecule has 0 radical (unpaired) electrons. The number of nitrogens with one attached hydrogen (secondary N) is 1. The maximum Gasteiger partial charge on any atom is 0.293 e. The Bertz CT molecular complexity index is 1500. The number of amides is 3. The minimum absolute atomic E-state index is 0.151. The van der Waals surface area contributed by atoms with Crippen molar-refractivity contribution in [3.05, 3.63) is 104 Å². The quantitative estimate of drug-likeness (QED) is 0.169. The zero-order valence-electron chi connectivity index (χ0n) is 21.0. The number of hydrogen-bond donors (Lipinski definition) is 1. The summed E-state index contributed by atoms with van der Waals surface area (Å²) in [6.45, 7) is 3.29. The molecular formula is C28H23N3O7S. The van der Waals surface area contributed by atoms with Gasteiger partial charge in [0.05, 0.1) is 16.4 Å². The van der Waals surface area contributed by atoms with Gasteiger partial charge in [-0.1, -0.05) is 18.2 Å². The third-order valence-corrected chi connectivity index (χ3v) is 6.82. The highest BCUT2D eigenvalue weighted by atomic mass is 32.2. The second-order valence-corrected chi connectivity index (χ2v) is 9.69. The summed E-state index contributed by atoms with van der Waals surface area (Å²) in [4.78, 5) is 61.1. The molecule has 1 heterocycles. The van der Waals surface area contributed by atoms with Crippen molar-refractivity contribution in [2.75, 3.05) is 18.5 Å². The van der Waals surface area contributed by atoms with E-state index in [2.05, 4.69) is 5.32 Å². The second-order valence-electron chi connectivity index (χ2n) is 8.70. The number of imide groups is 1. The van der Waals surface area contributed by atoms with Gasteiger partial charge in [0.2, 0.25) is 0 Å². The molecule has 3 aromatic carbocycles. The van der Waals surface area contributed by atoms with Crippen molar-refractivity contribution in [1.82, 2.24) is 4.90 Å². The van der Waals surface area contributed by atoms with Crippen LogP contribution in [-0.2, 0) is 9.59 Å². The summed E-state index contributed by atoms with van der Waals surface area (Å²) in [5.41, 5.74) is 3.49. The van der Waals surface area contributed by atoms with E-state index in [4.69, 9.17) is 4.74 Å². The van der Waals surface area contributed by atoms with Crippen molar-refractivity contribution in [3.63, 3.8) is 0 Å². The molecule has 39 heavy (non-hydrogen) atoms. The molecule has 0 bridgehead atoms. The molecule has 0 atom stereocenters. The number of nitro benzene ring substituents is 1. The van der Waals surface area contributed by atoms with Gasteiger partial charge in [-0.3, -0.25) is 34.2 Å². The van der Waals surface area contributed by atoms with Crippen molar-refractivity contribution in [3.8, 4) is 5.75 Å². The number of Topliss-reactive ketones (excluding diaryl/α,β-unsaturated/α-hetero) is 1. The summed E-state index contributed by atoms with van der Waals surface area (Å²) in [6, 6.07) is 17.2. The van der Waals surface area contributed by atoms with Crippen molar-refractivity contribution in [1.29, 1.82) is 0 Å². The maximum atomic E-state index is 12.8. The Morgan fingerprint density at radius 1 is 1.00 bits per heavy atom. The number of rotatable bonds is 9. The fourth-order valence-electron chi connectivity index (χ4n) is 3.62. The molecule has 10 nitrogen and oxygen atoms in total. The van der Waals surface area contributed by atoms with E-state index in [0.717, 1.165) is 16.0 Å². The zero-order valence-corrected chi connectivity index (χ0v) is 21.8. The van der Waals surface area contributed by atoms with Crippen molar-refractivity contribution >= 4 is 52.0 Å². The summed E-state index contributed by atoms with van der Waals surface area (Å²) in [7, 11) is 0. The first-order valence-electron chi connectivity index (χ1n) is 11.7. The van der Waals surface area contributed by atoms with E-state index in [1.165, 1.54) is 30.3 Å². The maximum absolute atomic E-state index is 12.8. The number of carbonyl (C=O) groups excluding carboxylic acids is 4. The third-order valence-electron chi connectivity index (χ3n) is 5.91. The van der Waals surface area contributed by atoms with Gasteiger partial charge in [-0.15, -0.1) is 0 Å². The van der Waals surface area contributed by atoms with E-state index in [1.54, 1.807) is 24.3 Å². The number of non-ortho nitro benzene ring substituents is 1. The number of aryl methyl sites for hydroxylation is 2. The van der Waals surface area contributed by atoms with E-state index in [-0.39, 0.29) is 28.7 Å². The van der Waals surface area contributed by atoms with Crippen LogP contribution in [0.3, 0.4) is 0 Å². The van der Waals surface area contributed by atoms with E-state index in [1.807, 2.05) is 32.0 Å². The topological polar surface area (TPSA) is 136 Å². The highest BCUT2D eigenvalue weighted by Crippen LogP contribution is 2.32. The van der Waals surface area contributed by atoms with Crippen molar-refractivity contribution < 1.29 is 28.8 Å². The van der Waals surface area contributed by atoms with Gasteiger partial charge in [-0.2, -0.15) is 0 Å². The number of thioether (sulfide) groups is 1. The highest BCUT2D eigenvalue weighted by molar-refractivity contribution is 8.18. The van der Waals surface area contributed by atoms with Crippen LogP contribution in [0.1, 0.15) is 27.0 Å². The van der Waals surface area contributed by atoms with Gasteiger partial charge < -0.3 is 10.1 Å². The van der Waals surface area contributed by atoms with Gasteiger partial charge in [-0.25, -0.2) is 0 Å². The molecule has 1 fully saturated rings. The molecule has 0 unspecified atom stereocenters. The summed E-state index contributed by atoms with van der Waals surface area (Å²) in [5.74, 6) is -0.983. The Morgan fingerprint density at radius 3 is 2.33 bits per heavy atom. The summed E-state index contributed by atoms with van der Waals surface area (Å²) >= 11 is 0.714. The molecule has 4 rings (SSSR count). The average Bonchev–Trinajstić information content (AvgIpc) is 3.17. The monoisotopic (exact) mass is 545 g/mol. The Hall–Kier alpha value is -4.77. The number of ether oxygens (including phenoxy) is 1. The Labute approximate surface area is 227 Å². The minimum Gasteiger partial charge on any atom is -0.484 e. The number of hydrogen-bond acceptors (Lipinski definition) is 8. The Kier molecular flexibility index (Phi) is 8.21. The summed E-state index contributed by atoms with van der Waals surface area (Å²) in [5, 5.41) is 13.0. The average molecular weight is 546 g/mol. The second kappa shape index (κ2) is 11.7. The predicted molar refractivity (Wildman–Crippen MR) is 147 cm³/mol. The van der Waals surface area contributed by atoms with Gasteiger partial charge >= 0.3 is 0 Å². The van der Waals surface area contributed by atoms with Crippen LogP contribution in [0.15, 0.2) is 71.6 Å². The summed E-state index contributed by atoms with van der Waals surface area (Å²) in [6.07, 6.45) is 1.53. The van der Waals surface area contributed by atoms with E-state index >= 15 is 0 Å². The molecule has 1 N–H and O–H groups in total.